The molecule has 2 aromatic rings. The first-order chi connectivity index (χ1) is 8.79. The van der Waals surface area contributed by atoms with Crippen molar-refractivity contribution in [3.05, 3.63) is 47.5 Å². The molecule has 2 aromatic heterocycles. The zero-order valence-corrected chi connectivity index (χ0v) is 10.3. The highest BCUT2D eigenvalue weighted by molar-refractivity contribution is 5.25. The lowest BCUT2D eigenvalue weighted by Crippen LogP contribution is -2.18. The minimum Gasteiger partial charge on any atom is -0.312 e. The molecular weight excluding hydrogens is 226 g/mol. The van der Waals surface area contributed by atoms with Crippen molar-refractivity contribution in [2.45, 2.75) is 13.0 Å². The second-order valence-corrected chi connectivity index (χ2v) is 4.03. The molecule has 0 amide bonds. The van der Waals surface area contributed by atoms with E-state index in [1.54, 1.807) is 18.5 Å². The first-order valence-corrected chi connectivity index (χ1v) is 5.82. The van der Waals surface area contributed by atoms with E-state index >= 15 is 0 Å². The Morgan fingerprint density at radius 2 is 2.28 bits per heavy atom. The van der Waals surface area contributed by atoms with E-state index < -0.39 is 0 Å². The lowest BCUT2D eigenvalue weighted by atomic mass is 10.2. The highest BCUT2D eigenvalue weighted by Gasteiger charge is 1.99. The Morgan fingerprint density at radius 3 is 3.00 bits per heavy atom. The third kappa shape index (κ3) is 3.15. The Bertz CT molecular complexity index is 553. The fraction of sp³-hybridized carbons (Fsp3) is 0.308. The van der Waals surface area contributed by atoms with Gasteiger partial charge < -0.3 is 5.32 Å². The van der Waals surface area contributed by atoms with Crippen molar-refractivity contribution in [3.63, 3.8) is 0 Å². The van der Waals surface area contributed by atoms with E-state index in [1.807, 2.05) is 29.9 Å². The maximum atomic E-state index is 8.75. The molecule has 0 fully saturated rings. The molecule has 0 saturated heterocycles. The van der Waals surface area contributed by atoms with Crippen LogP contribution in [0.1, 0.15) is 17.0 Å². The largest absolute Gasteiger partial charge is 0.312 e. The molecule has 1 N–H and O–H groups in total. The van der Waals surface area contributed by atoms with Gasteiger partial charge in [0.25, 0.3) is 0 Å². The molecule has 5 nitrogen and oxygen atoms in total. The van der Waals surface area contributed by atoms with E-state index in [1.165, 1.54) is 5.69 Å². The number of aromatic nitrogens is 3. The van der Waals surface area contributed by atoms with Gasteiger partial charge in [0.2, 0.25) is 0 Å². The molecule has 2 heterocycles. The van der Waals surface area contributed by atoms with Crippen molar-refractivity contribution in [2.75, 3.05) is 6.54 Å². The Hall–Kier alpha value is -2.19. The minimum atomic E-state index is 0.459. The number of nitriles is 1. The van der Waals surface area contributed by atoms with Crippen LogP contribution in [0.25, 0.3) is 0 Å². The van der Waals surface area contributed by atoms with E-state index in [0.717, 1.165) is 25.1 Å². The fourth-order valence-electron chi connectivity index (χ4n) is 1.74. The summed E-state index contributed by atoms with van der Waals surface area (Å²) in [5, 5.41) is 16.2. The third-order valence-corrected chi connectivity index (χ3v) is 2.75. The smallest absolute Gasteiger partial charge is 0.140 e. The van der Waals surface area contributed by atoms with Crippen LogP contribution < -0.4 is 5.32 Å². The summed E-state index contributed by atoms with van der Waals surface area (Å²) in [6.07, 6.45) is 4.40. The van der Waals surface area contributed by atoms with Gasteiger partial charge in [-0.1, -0.05) is 0 Å². The molecule has 0 radical (unpaired) electrons. The minimum absolute atomic E-state index is 0.459. The highest BCUT2D eigenvalue weighted by atomic mass is 15.3. The molecule has 0 unspecified atom stereocenters. The summed E-state index contributed by atoms with van der Waals surface area (Å²) in [6, 6.07) is 7.77. The van der Waals surface area contributed by atoms with Gasteiger partial charge in [0.05, 0.1) is 0 Å². The number of hydrogen-bond acceptors (Lipinski definition) is 4. The van der Waals surface area contributed by atoms with Crippen molar-refractivity contribution in [1.29, 1.82) is 5.26 Å². The van der Waals surface area contributed by atoms with Gasteiger partial charge in [-0.3, -0.25) is 4.68 Å². The van der Waals surface area contributed by atoms with Gasteiger partial charge >= 0.3 is 0 Å². The monoisotopic (exact) mass is 241 g/mol. The van der Waals surface area contributed by atoms with Crippen LogP contribution in [0.2, 0.25) is 0 Å². The molecule has 0 bridgehead atoms. The van der Waals surface area contributed by atoms with Crippen LogP contribution in [0.15, 0.2) is 30.6 Å². The second kappa shape index (κ2) is 5.94. The van der Waals surface area contributed by atoms with Crippen molar-refractivity contribution in [3.8, 4) is 6.07 Å². The van der Waals surface area contributed by atoms with Crippen molar-refractivity contribution in [1.82, 2.24) is 20.1 Å². The van der Waals surface area contributed by atoms with Gasteiger partial charge in [0, 0.05) is 44.6 Å². The number of pyridine rings is 1. The van der Waals surface area contributed by atoms with Crippen molar-refractivity contribution >= 4 is 0 Å². The molecule has 0 aliphatic rings. The van der Waals surface area contributed by atoms with Crippen LogP contribution in [0, 0.1) is 11.3 Å². The molecule has 0 aliphatic carbocycles. The SMILES string of the molecule is Cn1nccc1CCNCc1ccnc(C#N)c1. The standard InChI is InChI=1S/C13H15N5/c1-18-13(4-7-17-18)3-5-15-10-11-2-6-16-12(8-11)9-14/h2,4,6-8,15H,3,5,10H2,1H3. The molecule has 0 atom stereocenters. The fourth-order valence-corrected chi connectivity index (χ4v) is 1.74. The predicted octanol–water partition coefficient (Wildman–Crippen LogP) is 1.02. The van der Waals surface area contributed by atoms with Gasteiger partial charge in [-0.2, -0.15) is 10.4 Å². The maximum Gasteiger partial charge on any atom is 0.140 e. The third-order valence-electron chi connectivity index (χ3n) is 2.75. The van der Waals surface area contributed by atoms with Crippen LogP contribution >= 0.6 is 0 Å². The molecule has 0 spiro atoms. The highest BCUT2D eigenvalue weighted by Crippen LogP contribution is 2.01. The van der Waals surface area contributed by atoms with Gasteiger partial charge in [-0.05, 0) is 23.8 Å². The summed E-state index contributed by atoms with van der Waals surface area (Å²) in [7, 11) is 1.94. The molecule has 5 heteroatoms. The van der Waals surface area contributed by atoms with E-state index in [-0.39, 0.29) is 0 Å². The number of nitrogens with one attached hydrogen (secondary N) is 1. The number of rotatable bonds is 5. The normalized spacial score (nSPS) is 10.2. The van der Waals surface area contributed by atoms with E-state index in [9.17, 15) is 0 Å². The van der Waals surface area contributed by atoms with Gasteiger partial charge in [-0.25, -0.2) is 4.98 Å². The van der Waals surface area contributed by atoms with Crippen LogP contribution in [0.5, 0.6) is 0 Å². The van der Waals surface area contributed by atoms with Gasteiger partial charge in [0.15, 0.2) is 0 Å². The molecule has 18 heavy (non-hydrogen) atoms. The summed E-state index contributed by atoms with van der Waals surface area (Å²) in [5.74, 6) is 0. The molecular formula is C13H15N5. The van der Waals surface area contributed by atoms with Crippen molar-refractivity contribution < 1.29 is 0 Å². The van der Waals surface area contributed by atoms with Gasteiger partial charge in [0.1, 0.15) is 11.8 Å². The topological polar surface area (TPSA) is 66.5 Å². The van der Waals surface area contributed by atoms with Crippen LogP contribution in [-0.4, -0.2) is 21.3 Å². The number of nitrogens with zero attached hydrogens (tertiary/aromatic N) is 4. The molecule has 0 aliphatic heterocycles. The van der Waals surface area contributed by atoms with E-state index in [0.29, 0.717) is 5.69 Å². The van der Waals surface area contributed by atoms with Crippen LogP contribution in [0.4, 0.5) is 0 Å². The van der Waals surface area contributed by atoms with E-state index in [2.05, 4.69) is 15.4 Å². The van der Waals surface area contributed by atoms with Crippen molar-refractivity contribution in [2.24, 2.45) is 7.05 Å². The summed E-state index contributed by atoms with van der Waals surface area (Å²) in [5.41, 5.74) is 2.74. The average Bonchev–Trinajstić information content (AvgIpc) is 2.81. The zero-order chi connectivity index (χ0) is 12.8. The molecule has 2 rings (SSSR count). The summed E-state index contributed by atoms with van der Waals surface area (Å²) < 4.78 is 1.88. The van der Waals surface area contributed by atoms with Crippen LogP contribution in [0.3, 0.4) is 0 Å². The van der Waals surface area contributed by atoms with E-state index in [4.69, 9.17) is 5.26 Å². The molecule has 92 valence electrons. The zero-order valence-electron chi connectivity index (χ0n) is 10.3. The lowest BCUT2D eigenvalue weighted by Gasteiger charge is -2.05. The Labute approximate surface area is 106 Å². The summed E-state index contributed by atoms with van der Waals surface area (Å²) >= 11 is 0. The Morgan fingerprint density at radius 1 is 1.39 bits per heavy atom. The number of hydrogen-bond donors (Lipinski definition) is 1. The lowest BCUT2D eigenvalue weighted by molar-refractivity contribution is 0.642. The molecule has 0 saturated carbocycles. The molecule has 0 aromatic carbocycles. The van der Waals surface area contributed by atoms with Crippen LogP contribution in [-0.2, 0) is 20.0 Å². The summed E-state index contributed by atoms with van der Waals surface area (Å²) in [4.78, 5) is 3.94. The first kappa shape index (κ1) is 12.3. The quantitative estimate of drug-likeness (QED) is 0.794. The summed E-state index contributed by atoms with van der Waals surface area (Å²) in [6.45, 7) is 1.62. The Kier molecular flexibility index (Phi) is 4.05. The first-order valence-electron chi connectivity index (χ1n) is 5.82. The van der Waals surface area contributed by atoms with Gasteiger partial charge in [-0.15, -0.1) is 0 Å². The maximum absolute atomic E-state index is 8.75. The Balaban J connectivity index is 1.79. The second-order valence-electron chi connectivity index (χ2n) is 4.03. The average molecular weight is 241 g/mol. The predicted molar refractivity (Wildman–Crippen MR) is 67.6 cm³/mol. The number of aryl methyl sites for hydroxylation is 1.